The molecule has 0 aromatic heterocycles. The summed E-state index contributed by atoms with van der Waals surface area (Å²) >= 11 is 0. The molecule has 0 bridgehead atoms. The third kappa shape index (κ3) is 6.98. The molecule has 77 valence electrons. The maximum absolute atomic E-state index is 11.4. The van der Waals surface area contributed by atoms with Crippen molar-refractivity contribution in [1.82, 2.24) is 0 Å². The summed E-state index contributed by atoms with van der Waals surface area (Å²) in [4.78, 5) is 0. The van der Waals surface area contributed by atoms with Crippen molar-refractivity contribution in [2.45, 2.75) is 12.2 Å². The summed E-state index contributed by atoms with van der Waals surface area (Å²) < 4.78 is 42.5. The van der Waals surface area contributed by atoms with E-state index < -0.39 is 15.1 Å². The summed E-state index contributed by atoms with van der Waals surface area (Å²) in [6.07, 6.45) is 1.14. The molecule has 13 heavy (non-hydrogen) atoms. The minimum atomic E-state index is -3.06. The van der Waals surface area contributed by atoms with Gasteiger partial charge in [0.25, 0.3) is 0 Å². The zero-order valence-corrected chi connectivity index (χ0v) is 8.51. The quantitative estimate of drug-likeness (QED) is 0.336. The number of sulfone groups is 1. The second-order valence-electron chi connectivity index (χ2n) is 2.65. The van der Waals surface area contributed by atoms with Crippen molar-refractivity contribution in [3.63, 3.8) is 0 Å². The van der Waals surface area contributed by atoms with E-state index in [1.54, 1.807) is 0 Å². The van der Waals surface area contributed by atoms with Gasteiger partial charge in [-0.15, -0.1) is 0 Å². The van der Waals surface area contributed by atoms with Crippen LogP contribution in [0, 0.1) is 0 Å². The monoisotopic (exact) mass is 211 g/mol. The molecule has 1 atom stereocenters. The molecule has 0 amide bonds. The van der Waals surface area contributed by atoms with E-state index in [9.17, 15) is 12.7 Å². The smallest absolute Gasteiger partial charge is 0.361 e. The molecule has 0 heterocycles. The summed E-state index contributed by atoms with van der Waals surface area (Å²) in [7, 11) is -2.71. The van der Waals surface area contributed by atoms with Crippen LogP contribution in [0.1, 0.15) is 6.92 Å². The molecule has 0 saturated carbocycles. The molecule has 1 unspecified atom stereocenters. The zero-order chi connectivity index (χ0) is 10.3. The first-order valence-corrected chi connectivity index (χ1v) is 5.70. The molecule has 4 nitrogen and oxygen atoms in total. The Morgan fingerprint density at radius 3 is 2.54 bits per heavy atom. The first kappa shape index (κ1) is 12.9. The molecule has 0 spiro atoms. The van der Waals surface area contributed by atoms with Gasteiger partial charge in [-0.05, 0) is 6.92 Å². The molecule has 0 aliphatic carbocycles. The Morgan fingerprint density at radius 1 is 1.46 bits per heavy atom. The van der Waals surface area contributed by atoms with Crippen LogP contribution in [0.25, 0.3) is 0 Å². The van der Waals surface area contributed by atoms with E-state index >= 15 is 0 Å². The van der Waals surface area contributed by atoms with E-state index in [-0.39, 0.29) is 19.9 Å². The summed E-state index contributed by atoms with van der Waals surface area (Å²) in [5.41, 5.74) is 0. The van der Waals surface area contributed by atoms with Gasteiger partial charge in [0.1, 0.15) is 6.79 Å². The molecule has 0 rings (SSSR count). The Balaban J connectivity index is 3.44. The zero-order valence-electron chi connectivity index (χ0n) is 7.70. The van der Waals surface area contributed by atoms with Gasteiger partial charge >= 0.3 is 7.56 Å². The average molecular weight is 211 g/mol. The van der Waals surface area contributed by atoms with Gasteiger partial charge in [0.05, 0.1) is 18.4 Å². The van der Waals surface area contributed by atoms with Gasteiger partial charge in [0.15, 0.2) is 9.84 Å². The van der Waals surface area contributed by atoms with Crippen molar-refractivity contribution >= 4 is 17.4 Å². The molecule has 1 radical (unpaired) electrons. The Kier molecular flexibility index (Phi) is 6.27. The van der Waals surface area contributed by atoms with Crippen molar-refractivity contribution < 1.29 is 22.2 Å². The summed E-state index contributed by atoms with van der Waals surface area (Å²) in [6, 6.07) is 0. The van der Waals surface area contributed by atoms with E-state index in [4.69, 9.17) is 4.74 Å². The van der Waals surface area contributed by atoms with Crippen LogP contribution in [0.3, 0.4) is 0 Å². The summed E-state index contributed by atoms with van der Waals surface area (Å²) in [5, 5.41) is -0.564. The Labute approximate surface area is 78.6 Å². The first-order valence-electron chi connectivity index (χ1n) is 3.74. The van der Waals surface area contributed by atoms with Crippen LogP contribution in [-0.4, -0.2) is 47.4 Å². The molecule has 0 N–H and O–H groups in total. The lowest BCUT2D eigenvalue weighted by Gasteiger charge is -2.09. The predicted octanol–water partition coefficient (Wildman–Crippen LogP) is -0.0436. The van der Waals surface area contributed by atoms with Crippen LogP contribution in [0.2, 0.25) is 0 Å². The van der Waals surface area contributed by atoms with E-state index in [1.165, 1.54) is 6.92 Å². The highest BCUT2D eigenvalue weighted by molar-refractivity contribution is 7.91. The lowest BCUT2D eigenvalue weighted by molar-refractivity contribution is -0.0381. The number of hydrogen-bond donors (Lipinski definition) is 0. The predicted molar refractivity (Wildman–Crippen MR) is 47.9 cm³/mol. The maximum atomic E-state index is 11.4. The van der Waals surface area contributed by atoms with E-state index in [0.717, 1.165) is 6.26 Å². The van der Waals surface area contributed by atoms with Crippen LogP contribution in [0.4, 0.5) is 4.32 Å². The minimum Gasteiger partial charge on any atom is -0.361 e. The Morgan fingerprint density at radius 2 is 2.08 bits per heavy atom. The highest BCUT2D eigenvalue weighted by atomic mass is 32.2. The normalized spacial score (nSPS) is 14.1. The number of hydrogen-bond acceptors (Lipinski definition) is 4. The van der Waals surface area contributed by atoms with E-state index in [1.807, 2.05) is 0 Å². The molecule has 0 fully saturated rings. The largest absolute Gasteiger partial charge is 0.382 e. The van der Waals surface area contributed by atoms with Crippen LogP contribution < -0.4 is 0 Å². The van der Waals surface area contributed by atoms with Gasteiger partial charge < -0.3 is 13.8 Å². The third-order valence-corrected chi connectivity index (χ3v) is 3.03. The second-order valence-corrected chi connectivity index (χ2v) is 5.12. The van der Waals surface area contributed by atoms with E-state index in [0.29, 0.717) is 7.56 Å². The van der Waals surface area contributed by atoms with Gasteiger partial charge in [-0.1, -0.05) is 0 Å². The lowest BCUT2D eigenvalue weighted by Crippen LogP contribution is -2.22. The van der Waals surface area contributed by atoms with Gasteiger partial charge in [-0.3, -0.25) is 0 Å². The Hall–Kier alpha value is -0.135. The van der Waals surface area contributed by atoms with Crippen LogP contribution in [0.15, 0.2) is 0 Å². The van der Waals surface area contributed by atoms with Crippen molar-refractivity contribution in [2.75, 3.05) is 26.2 Å². The van der Waals surface area contributed by atoms with Crippen molar-refractivity contribution in [1.29, 1.82) is 0 Å². The second kappa shape index (κ2) is 6.34. The fourth-order valence-corrected chi connectivity index (χ4v) is 0.833. The van der Waals surface area contributed by atoms with Crippen molar-refractivity contribution in [3.05, 3.63) is 0 Å². The average Bonchev–Trinajstić information content (AvgIpc) is 2.02. The van der Waals surface area contributed by atoms with Crippen LogP contribution in [0.5, 0.6) is 0 Å². The molecule has 7 heteroatoms. The topological polar surface area (TPSA) is 52.6 Å². The van der Waals surface area contributed by atoms with Crippen LogP contribution in [-0.2, 0) is 19.3 Å². The lowest BCUT2D eigenvalue weighted by atomic mass is 10.1. The molecule has 0 aliphatic rings. The summed E-state index contributed by atoms with van der Waals surface area (Å²) in [5.74, 6) is 0. The highest BCUT2D eigenvalue weighted by Crippen LogP contribution is 1.97. The Bertz CT molecular complexity index is 219. The van der Waals surface area contributed by atoms with Gasteiger partial charge in [0, 0.05) is 6.26 Å². The molecule has 0 aromatic rings. The number of rotatable bonds is 7. The van der Waals surface area contributed by atoms with Gasteiger partial charge in [0.2, 0.25) is 0 Å². The van der Waals surface area contributed by atoms with Crippen molar-refractivity contribution in [3.8, 4) is 0 Å². The van der Waals surface area contributed by atoms with Gasteiger partial charge in [-0.2, -0.15) is 0 Å². The maximum Gasteiger partial charge on any atom is 0.382 e. The molecular weight excluding hydrogens is 198 g/mol. The van der Waals surface area contributed by atoms with E-state index in [2.05, 4.69) is 4.74 Å². The molecule has 0 aromatic carbocycles. The fraction of sp³-hybridized carbons (Fsp3) is 1.00. The standard InChI is InChI=1S/C6H13BFO4S/c1-6(13(2,9)10)3-11-5-12-4-7-8/h6H,3-5H2,1-2H3. The highest BCUT2D eigenvalue weighted by Gasteiger charge is 2.14. The molecular formula is C6H13BFO4S. The third-order valence-electron chi connectivity index (χ3n) is 1.43. The van der Waals surface area contributed by atoms with Gasteiger partial charge in [-0.25, -0.2) is 8.42 Å². The summed E-state index contributed by atoms with van der Waals surface area (Å²) in [6.45, 7) is 1.36. The number of halogens is 1. The molecule has 0 saturated heterocycles. The molecule has 0 aliphatic heterocycles. The number of ether oxygens (including phenoxy) is 2. The van der Waals surface area contributed by atoms with Crippen LogP contribution >= 0.6 is 0 Å². The SMILES string of the molecule is CC(COCOC[B]F)S(C)(=O)=O. The first-order chi connectivity index (χ1) is 5.98. The minimum absolute atomic E-state index is 0.0606. The fourth-order valence-electron chi connectivity index (χ4n) is 0.489. The van der Waals surface area contributed by atoms with Crippen molar-refractivity contribution in [2.24, 2.45) is 0 Å².